The second-order valence-electron chi connectivity index (χ2n) is 4.94. The lowest BCUT2D eigenvalue weighted by atomic mass is 9.91. The van der Waals surface area contributed by atoms with E-state index in [0.717, 1.165) is 33.4 Å². The van der Waals surface area contributed by atoms with Gasteiger partial charge in [-0.25, -0.2) is 0 Å². The topological polar surface area (TPSA) is 47.9 Å². The van der Waals surface area contributed by atoms with Crippen LogP contribution in [0.1, 0.15) is 24.2 Å². The quantitative estimate of drug-likeness (QED) is 0.914. The highest BCUT2D eigenvalue weighted by molar-refractivity contribution is 5.96. The summed E-state index contributed by atoms with van der Waals surface area (Å²) in [6.07, 6.45) is -0.635. The summed E-state index contributed by atoms with van der Waals surface area (Å²) < 4.78 is 16.7. The van der Waals surface area contributed by atoms with Gasteiger partial charge in [-0.3, -0.25) is 0 Å². The van der Waals surface area contributed by atoms with Gasteiger partial charge in [-0.1, -0.05) is 24.3 Å². The van der Waals surface area contributed by atoms with Crippen LogP contribution in [-0.4, -0.2) is 25.6 Å². The maximum Gasteiger partial charge on any atom is 0.159 e. The summed E-state index contributed by atoms with van der Waals surface area (Å²) in [6.45, 7) is 1.91. The lowest BCUT2D eigenvalue weighted by molar-refractivity contribution is -0.140. The first-order valence-electron chi connectivity index (χ1n) is 6.66. The van der Waals surface area contributed by atoms with Gasteiger partial charge in [-0.05, 0) is 6.92 Å². The molecule has 0 fully saturated rings. The van der Waals surface area contributed by atoms with Crippen molar-refractivity contribution in [2.45, 2.75) is 25.7 Å². The minimum Gasteiger partial charge on any atom is -0.496 e. The summed E-state index contributed by atoms with van der Waals surface area (Å²) >= 11 is 0. The molecule has 106 valence electrons. The van der Waals surface area contributed by atoms with Crippen molar-refractivity contribution in [1.82, 2.24) is 0 Å². The van der Waals surface area contributed by atoms with Crippen molar-refractivity contribution in [1.29, 1.82) is 0 Å². The largest absolute Gasteiger partial charge is 0.496 e. The number of ether oxygens (including phenoxy) is 3. The first-order chi connectivity index (χ1) is 9.67. The van der Waals surface area contributed by atoms with Crippen LogP contribution in [0.25, 0.3) is 10.8 Å². The molecule has 0 spiro atoms. The Kier molecular flexibility index (Phi) is 3.28. The average molecular weight is 274 g/mol. The molecule has 0 radical (unpaired) electrons. The third-order valence-electron chi connectivity index (χ3n) is 3.81. The molecule has 1 aliphatic heterocycles. The molecule has 0 saturated heterocycles. The van der Waals surface area contributed by atoms with Gasteiger partial charge in [0.25, 0.3) is 0 Å². The Morgan fingerprint density at radius 2 is 1.70 bits per heavy atom. The molecule has 2 aromatic carbocycles. The molecule has 4 heteroatoms. The van der Waals surface area contributed by atoms with Crippen molar-refractivity contribution < 1.29 is 19.3 Å². The van der Waals surface area contributed by atoms with Crippen molar-refractivity contribution in [3.63, 3.8) is 0 Å². The molecule has 2 unspecified atom stereocenters. The summed E-state index contributed by atoms with van der Waals surface area (Å²) in [5.74, 6) is 1.60. The molecule has 0 aliphatic carbocycles. The number of aliphatic hydroxyl groups is 1. The van der Waals surface area contributed by atoms with Crippen molar-refractivity contribution in [2.75, 3.05) is 14.2 Å². The summed E-state index contributed by atoms with van der Waals surface area (Å²) in [5, 5.41) is 11.9. The Hall–Kier alpha value is -1.78. The second kappa shape index (κ2) is 4.96. The van der Waals surface area contributed by atoms with E-state index < -0.39 is 6.29 Å². The fraction of sp³-hybridized carbons (Fsp3) is 0.375. The molecule has 0 saturated carbocycles. The average Bonchev–Trinajstić information content (AvgIpc) is 2.44. The van der Waals surface area contributed by atoms with Crippen LogP contribution < -0.4 is 9.47 Å². The predicted molar refractivity (Wildman–Crippen MR) is 76.3 cm³/mol. The Balaban J connectivity index is 2.42. The fourth-order valence-electron chi connectivity index (χ4n) is 3.06. The number of hydrogen-bond donors (Lipinski definition) is 1. The van der Waals surface area contributed by atoms with Gasteiger partial charge >= 0.3 is 0 Å². The minimum absolute atomic E-state index is 0.234. The molecule has 0 aromatic heterocycles. The number of benzene rings is 2. The van der Waals surface area contributed by atoms with E-state index in [4.69, 9.17) is 14.2 Å². The van der Waals surface area contributed by atoms with Crippen LogP contribution in [0.15, 0.2) is 24.3 Å². The summed E-state index contributed by atoms with van der Waals surface area (Å²) in [5.41, 5.74) is 1.93. The maximum atomic E-state index is 9.86. The van der Waals surface area contributed by atoms with E-state index in [2.05, 4.69) is 0 Å². The molecule has 1 aliphatic rings. The third kappa shape index (κ3) is 1.84. The van der Waals surface area contributed by atoms with Crippen molar-refractivity contribution in [2.24, 2.45) is 0 Å². The lowest BCUT2D eigenvalue weighted by Gasteiger charge is -2.31. The van der Waals surface area contributed by atoms with Gasteiger partial charge in [0.15, 0.2) is 6.29 Å². The van der Waals surface area contributed by atoms with Crippen LogP contribution >= 0.6 is 0 Å². The first kappa shape index (κ1) is 13.2. The van der Waals surface area contributed by atoms with Crippen molar-refractivity contribution >= 4 is 10.8 Å². The summed E-state index contributed by atoms with van der Waals surface area (Å²) in [7, 11) is 3.31. The molecule has 1 N–H and O–H groups in total. The van der Waals surface area contributed by atoms with Crippen LogP contribution in [-0.2, 0) is 11.2 Å². The van der Waals surface area contributed by atoms with Crippen molar-refractivity contribution in [3.05, 3.63) is 35.4 Å². The maximum absolute atomic E-state index is 9.86. The molecule has 0 amide bonds. The summed E-state index contributed by atoms with van der Waals surface area (Å²) in [6, 6.07) is 7.95. The number of fused-ring (bicyclic) bond motifs is 2. The molecule has 0 bridgehead atoms. The highest BCUT2D eigenvalue weighted by Crippen LogP contribution is 2.46. The zero-order chi connectivity index (χ0) is 14.3. The van der Waals surface area contributed by atoms with Gasteiger partial charge in [0.2, 0.25) is 0 Å². The van der Waals surface area contributed by atoms with Gasteiger partial charge in [0.05, 0.1) is 20.3 Å². The SMILES string of the molecule is COc1c2c(c(OC)c3ccccc13)C(C)OC(O)C2. The van der Waals surface area contributed by atoms with Gasteiger partial charge in [0, 0.05) is 28.3 Å². The van der Waals surface area contributed by atoms with Crippen LogP contribution in [0.2, 0.25) is 0 Å². The lowest BCUT2D eigenvalue weighted by Crippen LogP contribution is -2.25. The van der Waals surface area contributed by atoms with Crippen LogP contribution in [0.4, 0.5) is 0 Å². The van der Waals surface area contributed by atoms with E-state index in [0.29, 0.717) is 6.42 Å². The third-order valence-corrected chi connectivity index (χ3v) is 3.81. The number of methoxy groups -OCH3 is 2. The zero-order valence-electron chi connectivity index (χ0n) is 11.8. The normalized spacial score (nSPS) is 21.6. The number of hydrogen-bond acceptors (Lipinski definition) is 4. The smallest absolute Gasteiger partial charge is 0.159 e. The standard InChI is InChI=1S/C16H18O4/c1-9-14-12(8-13(17)20-9)15(18-2)10-6-4-5-7-11(10)16(14)19-3/h4-7,9,13,17H,8H2,1-3H3. The predicted octanol–water partition coefficient (Wildman–Crippen LogP) is 2.81. The Bertz CT molecular complexity index is 650. The molecule has 2 atom stereocenters. The van der Waals surface area contributed by atoms with E-state index in [1.165, 1.54) is 0 Å². The molecule has 20 heavy (non-hydrogen) atoms. The van der Waals surface area contributed by atoms with Gasteiger partial charge in [0.1, 0.15) is 11.5 Å². The minimum atomic E-state index is -0.808. The molecule has 4 nitrogen and oxygen atoms in total. The fourth-order valence-corrected chi connectivity index (χ4v) is 3.06. The highest BCUT2D eigenvalue weighted by atomic mass is 16.6. The molecular formula is C16H18O4. The molecule has 3 rings (SSSR count). The monoisotopic (exact) mass is 274 g/mol. The van der Waals surface area contributed by atoms with E-state index in [1.807, 2.05) is 31.2 Å². The van der Waals surface area contributed by atoms with E-state index in [-0.39, 0.29) is 6.10 Å². The van der Waals surface area contributed by atoms with E-state index >= 15 is 0 Å². The van der Waals surface area contributed by atoms with Crippen LogP contribution in [0.3, 0.4) is 0 Å². The molecular weight excluding hydrogens is 256 g/mol. The summed E-state index contributed by atoms with van der Waals surface area (Å²) in [4.78, 5) is 0. The molecule has 1 heterocycles. The van der Waals surface area contributed by atoms with E-state index in [9.17, 15) is 5.11 Å². The van der Waals surface area contributed by atoms with Gasteiger partial charge in [-0.2, -0.15) is 0 Å². The number of aliphatic hydroxyl groups excluding tert-OH is 1. The van der Waals surface area contributed by atoms with Gasteiger partial charge < -0.3 is 19.3 Å². The molecule has 2 aromatic rings. The van der Waals surface area contributed by atoms with E-state index in [1.54, 1.807) is 14.2 Å². The number of rotatable bonds is 2. The first-order valence-corrected chi connectivity index (χ1v) is 6.66. The Morgan fingerprint density at radius 3 is 2.30 bits per heavy atom. The van der Waals surface area contributed by atoms with Crippen molar-refractivity contribution in [3.8, 4) is 11.5 Å². The Labute approximate surface area is 117 Å². The second-order valence-corrected chi connectivity index (χ2v) is 4.94. The Morgan fingerprint density at radius 1 is 1.10 bits per heavy atom. The zero-order valence-corrected chi connectivity index (χ0v) is 11.8. The van der Waals surface area contributed by atoms with Gasteiger partial charge in [-0.15, -0.1) is 0 Å². The van der Waals surface area contributed by atoms with Crippen LogP contribution in [0, 0.1) is 0 Å². The van der Waals surface area contributed by atoms with Crippen LogP contribution in [0.5, 0.6) is 11.5 Å². The highest BCUT2D eigenvalue weighted by Gasteiger charge is 2.31.